The minimum Gasteiger partial charge on any atom is -0.303 e. The van der Waals surface area contributed by atoms with Gasteiger partial charge in [0.15, 0.2) is 5.78 Å². The van der Waals surface area contributed by atoms with E-state index < -0.39 is 0 Å². The molecule has 0 bridgehead atoms. The van der Waals surface area contributed by atoms with Crippen molar-refractivity contribution in [1.82, 2.24) is 4.90 Å². The van der Waals surface area contributed by atoms with Crippen molar-refractivity contribution in [2.75, 3.05) is 25.4 Å². The van der Waals surface area contributed by atoms with Crippen LogP contribution in [0.4, 0.5) is 0 Å². The lowest BCUT2D eigenvalue weighted by Crippen LogP contribution is -2.31. The molecule has 0 amide bonds. The average molecular weight is 297 g/mol. The minimum atomic E-state index is 0.318. The molecule has 1 aliphatic rings. The number of carbonyl (C=O) groups is 1. The van der Waals surface area contributed by atoms with Crippen LogP contribution in [0.25, 0.3) is 0 Å². The van der Waals surface area contributed by atoms with Gasteiger partial charge in [-0.05, 0) is 50.2 Å². The molecule has 0 aliphatic carbocycles. The summed E-state index contributed by atoms with van der Waals surface area (Å²) in [5, 5.41) is 0. The Hall–Kier alpha value is -0.320. The largest absolute Gasteiger partial charge is 0.303 e. The molecule has 0 spiro atoms. The zero-order valence-electron chi connectivity index (χ0n) is 11.7. The first-order chi connectivity index (χ1) is 9.29. The average Bonchev–Trinajstić information content (AvgIpc) is 2.92. The number of thioether (sulfide) groups is 1. The summed E-state index contributed by atoms with van der Waals surface area (Å²) >= 11 is 3.52. The molecule has 2 rings (SSSR count). The van der Waals surface area contributed by atoms with Crippen LogP contribution in [0, 0.1) is 0 Å². The van der Waals surface area contributed by atoms with Crippen LogP contribution in [0.1, 0.15) is 48.7 Å². The molecule has 0 N–H and O–H groups in total. The predicted octanol–water partition coefficient (Wildman–Crippen LogP) is 4.31. The van der Waals surface area contributed by atoms with Crippen molar-refractivity contribution < 1.29 is 4.79 Å². The number of rotatable bonds is 7. The molecule has 0 atom stereocenters. The molecule has 4 heteroatoms. The second-order valence-corrected chi connectivity index (χ2v) is 7.52. The maximum absolute atomic E-state index is 12.1. The number of carbonyl (C=O) groups excluding carboxylic acids is 1. The van der Waals surface area contributed by atoms with Crippen LogP contribution in [0.2, 0.25) is 0 Å². The fraction of sp³-hybridized carbons (Fsp3) is 0.667. The molecule has 2 nitrogen and oxygen atoms in total. The highest BCUT2D eigenvalue weighted by Gasteiger charge is 2.14. The molecule has 19 heavy (non-hydrogen) atoms. The van der Waals surface area contributed by atoms with Crippen LogP contribution >= 0.6 is 23.1 Å². The first kappa shape index (κ1) is 15.1. The molecule has 1 fully saturated rings. The molecular formula is C15H23NOS2. The SMILES string of the molecule is CCCSc1ccc(C(=O)CCN2CCCCC2)s1. The summed E-state index contributed by atoms with van der Waals surface area (Å²) < 4.78 is 1.28. The van der Waals surface area contributed by atoms with E-state index in [1.54, 1.807) is 11.3 Å². The van der Waals surface area contributed by atoms with Gasteiger partial charge in [-0.1, -0.05) is 13.3 Å². The van der Waals surface area contributed by atoms with Crippen LogP contribution in [0.15, 0.2) is 16.3 Å². The van der Waals surface area contributed by atoms with Crippen molar-refractivity contribution in [3.05, 3.63) is 17.0 Å². The Morgan fingerprint density at radius 3 is 2.84 bits per heavy atom. The van der Waals surface area contributed by atoms with Crippen molar-refractivity contribution in [1.29, 1.82) is 0 Å². The molecule has 1 saturated heterocycles. The number of ketones is 1. The van der Waals surface area contributed by atoms with E-state index in [1.165, 1.54) is 43.0 Å². The summed E-state index contributed by atoms with van der Waals surface area (Å²) in [5.74, 6) is 1.46. The zero-order chi connectivity index (χ0) is 13.5. The molecule has 1 aromatic rings. The third-order valence-electron chi connectivity index (χ3n) is 3.41. The summed E-state index contributed by atoms with van der Waals surface area (Å²) in [6.45, 7) is 5.48. The van der Waals surface area contributed by atoms with Crippen molar-refractivity contribution in [3.63, 3.8) is 0 Å². The summed E-state index contributed by atoms with van der Waals surface area (Å²) in [7, 11) is 0. The lowest BCUT2D eigenvalue weighted by Gasteiger charge is -2.25. The van der Waals surface area contributed by atoms with Gasteiger partial charge in [-0.3, -0.25) is 4.79 Å². The molecular weight excluding hydrogens is 274 g/mol. The molecule has 0 radical (unpaired) electrons. The highest BCUT2D eigenvalue weighted by Crippen LogP contribution is 2.28. The minimum absolute atomic E-state index is 0.318. The highest BCUT2D eigenvalue weighted by molar-refractivity contribution is 8.01. The number of nitrogens with zero attached hydrogens (tertiary/aromatic N) is 1. The van der Waals surface area contributed by atoms with Crippen molar-refractivity contribution in [2.24, 2.45) is 0 Å². The Morgan fingerprint density at radius 1 is 1.32 bits per heavy atom. The Kier molecular flexibility index (Phi) is 6.41. The number of piperidine rings is 1. The van der Waals surface area contributed by atoms with E-state index in [0.29, 0.717) is 12.2 Å². The van der Waals surface area contributed by atoms with Crippen LogP contribution in [0.3, 0.4) is 0 Å². The van der Waals surface area contributed by atoms with Crippen LogP contribution < -0.4 is 0 Å². The van der Waals surface area contributed by atoms with Crippen LogP contribution in [-0.2, 0) is 0 Å². The van der Waals surface area contributed by atoms with Gasteiger partial charge >= 0.3 is 0 Å². The maximum atomic E-state index is 12.1. The molecule has 1 aliphatic heterocycles. The summed E-state index contributed by atoms with van der Waals surface area (Å²) in [6.07, 6.45) is 5.81. The first-order valence-electron chi connectivity index (χ1n) is 7.28. The fourth-order valence-corrected chi connectivity index (χ4v) is 4.35. The van der Waals surface area contributed by atoms with Gasteiger partial charge in [0.1, 0.15) is 0 Å². The van der Waals surface area contributed by atoms with Gasteiger partial charge in [-0.25, -0.2) is 0 Å². The number of likely N-dealkylation sites (tertiary alicyclic amines) is 1. The summed E-state index contributed by atoms with van der Waals surface area (Å²) in [5.41, 5.74) is 0. The Bertz CT molecular complexity index is 397. The zero-order valence-corrected chi connectivity index (χ0v) is 13.3. The number of Topliss-reactive ketones (excluding diaryl/α,β-unsaturated/α-hetero) is 1. The van der Waals surface area contributed by atoms with Crippen LogP contribution in [-0.4, -0.2) is 36.1 Å². The Labute approximate surface area is 124 Å². The van der Waals surface area contributed by atoms with E-state index >= 15 is 0 Å². The maximum Gasteiger partial charge on any atom is 0.174 e. The molecule has 1 aromatic heterocycles. The van der Waals surface area contributed by atoms with Crippen molar-refractivity contribution in [3.8, 4) is 0 Å². The Balaban J connectivity index is 1.77. The van der Waals surface area contributed by atoms with Crippen molar-refractivity contribution in [2.45, 2.75) is 43.2 Å². The quantitative estimate of drug-likeness (QED) is 0.552. The third kappa shape index (κ3) is 4.93. The topological polar surface area (TPSA) is 20.3 Å². The fourth-order valence-electron chi connectivity index (χ4n) is 2.32. The van der Waals surface area contributed by atoms with Gasteiger partial charge in [0.05, 0.1) is 9.09 Å². The van der Waals surface area contributed by atoms with Crippen LogP contribution in [0.5, 0.6) is 0 Å². The van der Waals surface area contributed by atoms with E-state index in [-0.39, 0.29) is 0 Å². The van der Waals surface area contributed by atoms with Gasteiger partial charge in [0.2, 0.25) is 0 Å². The highest BCUT2D eigenvalue weighted by atomic mass is 32.2. The van der Waals surface area contributed by atoms with Crippen molar-refractivity contribution >= 4 is 28.9 Å². The summed E-state index contributed by atoms with van der Waals surface area (Å²) in [4.78, 5) is 15.5. The van der Waals surface area contributed by atoms with E-state index in [4.69, 9.17) is 0 Å². The van der Waals surface area contributed by atoms with Gasteiger partial charge in [-0.15, -0.1) is 23.1 Å². The first-order valence-corrected chi connectivity index (χ1v) is 9.08. The van der Waals surface area contributed by atoms with Gasteiger partial charge in [0.25, 0.3) is 0 Å². The third-order valence-corrected chi connectivity index (χ3v) is 5.97. The lowest BCUT2D eigenvalue weighted by molar-refractivity contribution is 0.0962. The number of hydrogen-bond donors (Lipinski definition) is 0. The predicted molar refractivity (Wildman–Crippen MR) is 84.6 cm³/mol. The van der Waals surface area contributed by atoms with Gasteiger partial charge in [-0.2, -0.15) is 0 Å². The van der Waals surface area contributed by atoms with E-state index in [2.05, 4.69) is 17.9 Å². The lowest BCUT2D eigenvalue weighted by atomic mass is 10.1. The van der Waals surface area contributed by atoms with E-state index in [0.717, 1.165) is 17.2 Å². The molecule has 106 valence electrons. The second kappa shape index (κ2) is 8.08. The monoisotopic (exact) mass is 297 g/mol. The standard InChI is InChI=1S/C15H23NOS2/c1-2-12-18-15-7-6-14(19-15)13(17)8-11-16-9-4-3-5-10-16/h6-7H,2-5,8-12H2,1H3. The van der Waals surface area contributed by atoms with E-state index in [1.807, 2.05) is 17.8 Å². The smallest absolute Gasteiger partial charge is 0.174 e. The molecule has 0 unspecified atom stereocenters. The second-order valence-electron chi connectivity index (χ2n) is 5.04. The molecule has 0 aromatic carbocycles. The van der Waals surface area contributed by atoms with Gasteiger partial charge in [0, 0.05) is 13.0 Å². The molecule has 0 saturated carbocycles. The summed E-state index contributed by atoms with van der Waals surface area (Å²) in [6, 6.07) is 4.10. The normalized spacial score (nSPS) is 16.7. The van der Waals surface area contributed by atoms with Gasteiger partial charge < -0.3 is 4.90 Å². The molecule has 2 heterocycles. The number of thiophene rings is 1. The van der Waals surface area contributed by atoms with E-state index in [9.17, 15) is 4.79 Å². The Morgan fingerprint density at radius 2 is 2.11 bits per heavy atom. The number of hydrogen-bond acceptors (Lipinski definition) is 4.